The second-order valence-electron chi connectivity index (χ2n) is 6.11. The summed E-state index contributed by atoms with van der Waals surface area (Å²) in [6.07, 6.45) is 0.711. The summed E-state index contributed by atoms with van der Waals surface area (Å²) in [5.74, 6) is 0.121. The van der Waals surface area contributed by atoms with Gasteiger partial charge in [-0.3, -0.25) is 9.59 Å². The maximum atomic E-state index is 12.2. The fourth-order valence-corrected chi connectivity index (χ4v) is 2.31. The van der Waals surface area contributed by atoms with Gasteiger partial charge in [0.2, 0.25) is 0 Å². The fourth-order valence-electron chi connectivity index (χ4n) is 1.99. The third kappa shape index (κ3) is 5.92. The molecule has 1 rings (SSSR count). The molecular weight excluding hydrogens is 334 g/mol. The maximum absolute atomic E-state index is 12.2. The molecule has 0 spiro atoms. The molecule has 0 bridgehead atoms. The minimum absolute atomic E-state index is 0.182. The van der Waals surface area contributed by atoms with Crippen molar-refractivity contribution in [3.05, 3.63) is 22.7 Å². The van der Waals surface area contributed by atoms with Crippen molar-refractivity contribution in [3.63, 3.8) is 0 Å². The van der Waals surface area contributed by atoms with E-state index in [2.05, 4.69) is 5.32 Å². The van der Waals surface area contributed by atoms with Crippen molar-refractivity contribution in [2.24, 2.45) is 0 Å². The Balaban J connectivity index is 2.56. The molecule has 0 aliphatic heterocycles. The van der Waals surface area contributed by atoms with Crippen LogP contribution in [0.25, 0.3) is 0 Å². The van der Waals surface area contributed by atoms with Gasteiger partial charge in [0, 0.05) is 13.0 Å². The van der Waals surface area contributed by atoms with Gasteiger partial charge in [0.25, 0.3) is 5.91 Å². The van der Waals surface area contributed by atoms with E-state index in [1.807, 2.05) is 20.8 Å². The molecule has 134 valence electrons. The first-order valence-electron chi connectivity index (χ1n) is 7.60. The molecule has 1 aromatic rings. The van der Waals surface area contributed by atoms with Crippen molar-refractivity contribution in [3.8, 4) is 11.5 Å². The number of rotatable bonds is 7. The minimum atomic E-state index is -0.506. The van der Waals surface area contributed by atoms with Gasteiger partial charge in [-0.2, -0.15) is 0 Å². The lowest BCUT2D eigenvalue weighted by atomic mass is 10.1. The van der Waals surface area contributed by atoms with Crippen LogP contribution in [-0.4, -0.2) is 38.2 Å². The SMILES string of the molecule is COc1ccc(C(=O)NCCCC(=O)OC(C)(C)C)c(Cl)c1OC. The van der Waals surface area contributed by atoms with Gasteiger partial charge in [0.1, 0.15) is 5.60 Å². The Morgan fingerprint density at radius 3 is 2.38 bits per heavy atom. The zero-order valence-electron chi connectivity index (χ0n) is 14.7. The van der Waals surface area contributed by atoms with Crippen molar-refractivity contribution >= 4 is 23.5 Å². The third-order valence-corrected chi connectivity index (χ3v) is 3.37. The first kappa shape index (κ1) is 20.1. The molecule has 0 saturated carbocycles. The molecule has 0 atom stereocenters. The second-order valence-corrected chi connectivity index (χ2v) is 6.49. The molecule has 0 aliphatic carbocycles. The van der Waals surface area contributed by atoms with E-state index < -0.39 is 5.60 Å². The molecule has 0 heterocycles. The topological polar surface area (TPSA) is 73.9 Å². The fraction of sp³-hybridized carbons (Fsp3) is 0.529. The Hall–Kier alpha value is -1.95. The summed E-state index contributed by atoms with van der Waals surface area (Å²) in [6.45, 7) is 5.77. The van der Waals surface area contributed by atoms with Gasteiger partial charge in [-0.05, 0) is 39.3 Å². The van der Waals surface area contributed by atoms with Crippen LogP contribution in [0.4, 0.5) is 0 Å². The average Bonchev–Trinajstić information content (AvgIpc) is 2.49. The predicted molar refractivity (Wildman–Crippen MR) is 92.0 cm³/mol. The van der Waals surface area contributed by atoms with Crippen LogP contribution in [0.5, 0.6) is 11.5 Å². The molecule has 0 fully saturated rings. The predicted octanol–water partition coefficient (Wildman–Crippen LogP) is 3.21. The van der Waals surface area contributed by atoms with Crippen LogP contribution in [0.15, 0.2) is 12.1 Å². The monoisotopic (exact) mass is 357 g/mol. The highest BCUT2D eigenvalue weighted by Gasteiger charge is 2.18. The number of carbonyl (C=O) groups excluding carboxylic acids is 2. The van der Waals surface area contributed by atoms with Crippen LogP contribution in [0.2, 0.25) is 5.02 Å². The Kier molecular flexibility index (Phi) is 7.35. The average molecular weight is 358 g/mol. The Morgan fingerprint density at radius 1 is 1.17 bits per heavy atom. The van der Waals surface area contributed by atoms with Gasteiger partial charge >= 0.3 is 5.97 Å². The minimum Gasteiger partial charge on any atom is -0.493 e. The summed E-state index contributed by atoms with van der Waals surface area (Å²) in [6, 6.07) is 3.17. The number of nitrogens with one attached hydrogen (secondary N) is 1. The number of esters is 1. The number of ether oxygens (including phenoxy) is 3. The Labute approximate surface area is 147 Å². The molecule has 1 amide bonds. The molecule has 24 heavy (non-hydrogen) atoms. The van der Waals surface area contributed by atoms with E-state index in [4.69, 9.17) is 25.8 Å². The number of benzene rings is 1. The summed E-state index contributed by atoms with van der Waals surface area (Å²) >= 11 is 6.18. The standard InChI is InChI=1S/C17H24ClNO5/c1-17(2,3)24-13(20)7-6-10-19-16(21)11-8-9-12(22-4)15(23-5)14(11)18/h8-9H,6-7,10H2,1-5H3,(H,19,21). The van der Waals surface area contributed by atoms with E-state index in [0.717, 1.165) is 0 Å². The molecule has 0 unspecified atom stereocenters. The largest absolute Gasteiger partial charge is 0.493 e. The van der Waals surface area contributed by atoms with Gasteiger partial charge in [0.05, 0.1) is 24.8 Å². The van der Waals surface area contributed by atoms with Gasteiger partial charge in [-0.15, -0.1) is 0 Å². The highest BCUT2D eigenvalue weighted by Crippen LogP contribution is 2.37. The number of hydrogen-bond acceptors (Lipinski definition) is 5. The highest BCUT2D eigenvalue weighted by atomic mass is 35.5. The normalized spacial score (nSPS) is 10.9. The Morgan fingerprint density at radius 2 is 1.83 bits per heavy atom. The van der Waals surface area contributed by atoms with Gasteiger partial charge in [-0.1, -0.05) is 11.6 Å². The van der Waals surface area contributed by atoms with Crippen molar-refractivity contribution in [2.75, 3.05) is 20.8 Å². The van der Waals surface area contributed by atoms with E-state index in [9.17, 15) is 9.59 Å². The van der Waals surface area contributed by atoms with Gasteiger partial charge in [0.15, 0.2) is 11.5 Å². The molecule has 0 aliphatic rings. The lowest BCUT2D eigenvalue weighted by molar-refractivity contribution is -0.154. The number of amides is 1. The van der Waals surface area contributed by atoms with Crippen LogP contribution >= 0.6 is 11.6 Å². The molecule has 7 heteroatoms. The molecule has 0 radical (unpaired) electrons. The summed E-state index contributed by atoms with van der Waals surface area (Å²) in [4.78, 5) is 23.8. The zero-order chi connectivity index (χ0) is 18.3. The van der Waals surface area contributed by atoms with Crippen molar-refractivity contribution in [1.82, 2.24) is 5.32 Å². The lowest BCUT2D eigenvalue weighted by Crippen LogP contribution is -2.27. The summed E-state index contributed by atoms with van der Waals surface area (Å²) in [5, 5.41) is 2.90. The molecule has 0 saturated heterocycles. The zero-order valence-corrected chi connectivity index (χ0v) is 15.5. The summed E-state index contributed by atoms with van der Waals surface area (Å²) in [7, 11) is 2.94. The lowest BCUT2D eigenvalue weighted by Gasteiger charge is -2.19. The van der Waals surface area contributed by atoms with Crippen LogP contribution in [0.1, 0.15) is 44.0 Å². The number of carbonyl (C=O) groups is 2. The van der Waals surface area contributed by atoms with Crippen molar-refractivity contribution in [1.29, 1.82) is 0 Å². The van der Waals surface area contributed by atoms with Crippen LogP contribution < -0.4 is 14.8 Å². The molecule has 6 nitrogen and oxygen atoms in total. The number of halogens is 1. The van der Waals surface area contributed by atoms with Crippen LogP contribution in [0, 0.1) is 0 Å². The summed E-state index contributed by atoms with van der Waals surface area (Å²) < 4.78 is 15.5. The van der Waals surface area contributed by atoms with E-state index in [0.29, 0.717) is 24.5 Å². The first-order chi connectivity index (χ1) is 11.2. The maximum Gasteiger partial charge on any atom is 0.306 e. The van der Waals surface area contributed by atoms with E-state index in [-0.39, 0.29) is 28.9 Å². The van der Waals surface area contributed by atoms with Crippen LogP contribution in [0.3, 0.4) is 0 Å². The van der Waals surface area contributed by atoms with Gasteiger partial charge in [-0.25, -0.2) is 0 Å². The van der Waals surface area contributed by atoms with E-state index in [1.54, 1.807) is 12.1 Å². The second kappa shape index (κ2) is 8.78. The first-order valence-corrected chi connectivity index (χ1v) is 7.98. The number of hydrogen-bond donors (Lipinski definition) is 1. The number of methoxy groups -OCH3 is 2. The van der Waals surface area contributed by atoms with Gasteiger partial charge < -0.3 is 19.5 Å². The van der Waals surface area contributed by atoms with E-state index in [1.165, 1.54) is 14.2 Å². The summed E-state index contributed by atoms with van der Waals surface area (Å²) in [5.41, 5.74) is -0.223. The third-order valence-electron chi connectivity index (χ3n) is 2.99. The molecular formula is C17H24ClNO5. The molecule has 0 aromatic heterocycles. The molecule has 1 N–H and O–H groups in total. The van der Waals surface area contributed by atoms with Crippen molar-refractivity contribution in [2.45, 2.75) is 39.2 Å². The molecule has 1 aromatic carbocycles. The van der Waals surface area contributed by atoms with Crippen LogP contribution in [-0.2, 0) is 9.53 Å². The Bertz CT molecular complexity index is 595. The highest BCUT2D eigenvalue weighted by molar-refractivity contribution is 6.35. The quantitative estimate of drug-likeness (QED) is 0.599. The van der Waals surface area contributed by atoms with Crippen molar-refractivity contribution < 1.29 is 23.8 Å². The smallest absolute Gasteiger partial charge is 0.306 e. The van der Waals surface area contributed by atoms with E-state index >= 15 is 0 Å².